The van der Waals surface area contributed by atoms with Crippen molar-refractivity contribution in [1.29, 1.82) is 0 Å². The van der Waals surface area contributed by atoms with Crippen LogP contribution in [0.2, 0.25) is 5.15 Å². The number of aliphatic hydroxyl groups excluding tert-OH is 1. The molecule has 0 aliphatic heterocycles. The van der Waals surface area contributed by atoms with Crippen molar-refractivity contribution in [2.75, 3.05) is 0 Å². The van der Waals surface area contributed by atoms with Crippen LogP contribution >= 0.6 is 11.6 Å². The van der Waals surface area contributed by atoms with E-state index >= 15 is 0 Å². The summed E-state index contributed by atoms with van der Waals surface area (Å²) in [5.74, 6) is 0.655. The fourth-order valence-corrected chi connectivity index (χ4v) is 1.84. The van der Waals surface area contributed by atoms with E-state index in [2.05, 4.69) is 10.1 Å². The first-order valence-electron chi connectivity index (χ1n) is 5.06. The van der Waals surface area contributed by atoms with Crippen molar-refractivity contribution < 1.29 is 5.11 Å². The summed E-state index contributed by atoms with van der Waals surface area (Å²) in [5, 5.41) is 14.0. The summed E-state index contributed by atoms with van der Waals surface area (Å²) in [6.45, 7) is 1.87. The van der Waals surface area contributed by atoms with E-state index in [0.29, 0.717) is 16.5 Å². The van der Waals surface area contributed by atoms with Crippen molar-refractivity contribution in [3.8, 4) is 5.82 Å². The van der Waals surface area contributed by atoms with Gasteiger partial charge in [-0.05, 0) is 18.6 Å². The molecule has 84 valence electrons. The van der Waals surface area contributed by atoms with Crippen LogP contribution in [-0.2, 0) is 13.0 Å². The summed E-state index contributed by atoms with van der Waals surface area (Å²) in [5.41, 5.74) is 1.48. The van der Waals surface area contributed by atoms with Crippen molar-refractivity contribution in [2.24, 2.45) is 0 Å². The van der Waals surface area contributed by atoms with E-state index < -0.39 is 0 Å². The van der Waals surface area contributed by atoms with Gasteiger partial charge in [-0.15, -0.1) is 0 Å². The first-order chi connectivity index (χ1) is 7.77. The van der Waals surface area contributed by atoms with Gasteiger partial charge in [-0.25, -0.2) is 9.67 Å². The molecule has 2 rings (SSSR count). The Morgan fingerprint density at radius 1 is 1.44 bits per heavy atom. The lowest BCUT2D eigenvalue weighted by Crippen LogP contribution is -1.99. The molecule has 0 fully saturated rings. The summed E-state index contributed by atoms with van der Waals surface area (Å²) in [4.78, 5) is 4.17. The van der Waals surface area contributed by atoms with Gasteiger partial charge in [-0.2, -0.15) is 5.10 Å². The molecular weight excluding hydrogens is 226 g/mol. The Kier molecular flexibility index (Phi) is 3.22. The van der Waals surface area contributed by atoms with Gasteiger partial charge in [0.25, 0.3) is 0 Å². The second-order valence-electron chi connectivity index (χ2n) is 3.33. The summed E-state index contributed by atoms with van der Waals surface area (Å²) < 4.78 is 1.55. The zero-order valence-corrected chi connectivity index (χ0v) is 9.65. The number of hydrogen-bond acceptors (Lipinski definition) is 3. The van der Waals surface area contributed by atoms with E-state index in [1.165, 1.54) is 0 Å². The van der Waals surface area contributed by atoms with E-state index in [4.69, 9.17) is 11.6 Å². The van der Waals surface area contributed by atoms with Gasteiger partial charge in [-0.3, -0.25) is 0 Å². The smallest absolute Gasteiger partial charge is 0.155 e. The van der Waals surface area contributed by atoms with Crippen LogP contribution in [0.3, 0.4) is 0 Å². The molecule has 1 N–H and O–H groups in total. The fraction of sp³-hybridized carbons (Fsp3) is 0.273. The largest absolute Gasteiger partial charge is 0.391 e. The van der Waals surface area contributed by atoms with Crippen molar-refractivity contribution in [3.05, 3.63) is 40.8 Å². The average molecular weight is 238 g/mol. The number of pyridine rings is 1. The Hall–Kier alpha value is -1.39. The third-order valence-electron chi connectivity index (χ3n) is 2.36. The van der Waals surface area contributed by atoms with Gasteiger partial charge in [0, 0.05) is 11.8 Å². The third-order valence-corrected chi connectivity index (χ3v) is 2.75. The van der Waals surface area contributed by atoms with Gasteiger partial charge in [0.05, 0.1) is 12.3 Å². The molecule has 2 aromatic heterocycles. The highest BCUT2D eigenvalue weighted by Gasteiger charge is 2.15. The molecule has 0 radical (unpaired) electrons. The summed E-state index contributed by atoms with van der Waals surface area (Å²) in [6.07, 6.45) is 2.41. The molecule has 0 amide bonds. The predicted molar refractivity (Wildman–Crippen MR) is 61.7 cm³/mol. The van der Waals surface area contributed by atoms with Crippen LogP contribution in [0.4, 0.5) is 0 Å². The maximum Gasteiger partial charge on any atom is 0.155 e. The minimum atomic E-state index is -0.102. The van der Waals surface area contributed by atoms with Crippen LogP contribution in [0, 0.1) is 0 Å². The molecule has 4 nitrogen and oxygen atoms in total. The molecule has 5 heteroatoms. The number of rotatable bonds is 3. The Balaban J connectivity index is 2.54. The Morgan fingerprint density at radius 3 is 2.75 bits per heavy atom. The third kappa shape index (κ3) is 1.81. The maximum atomic E-state index is 9.23. The van der Waals surface area contributed by atoms with E-state index in [1.54, 1.807) is 10.9 Å². The molecule has 0 aliphatic carbocycles. The van der Waals surface area contributed by atoms with Crippen molar-refractivity contribution in [2.45, 2.75) is 20.0 Å². The molecule has 2 aromatic rings. The monoisotopic (exact) mass is 237 g/mol. The summed E-state index contributed by atoms with van der Waals surface area (Å²) >= 11 is 6.14. The molecule has 0 spiro atoms. The molecule has 2 heterocycles. The van der Waals surface area contributed by atoms with Gasteiger partial charge < -0.3 is 5.11 Å². The lowest BCUT2D eigenvalue weighted by molar-refractivity contribution is 0.281. The van der Waals surface area contributed by atoms with Crippen molar-refractivity contribution in [1.82, 2.24) is 14.8 Å². The van der Waals surface area contributed by atoms with Gasteiger partial charge in [-0.1, -0.05) is 24.6 Å². The normalized spacial score (nSPS) is 10.7. The predicted octanol–water partition coefficient (Wildman–Crippen LogP) is 1.98. The van der Waals surface area contributed by atoms with Crippen LogP contribution in [0.1, 0.15) is 18.2 Å². The Labute approximate surface area is 98.5 Å². The van der Waals surface area contributed by atoms with Gasteiger partial charge in [0.2, 0.25) is 0 Å². The molecule has 0 aliphatic rings. The number of hydrogen-bond donors (Lipinski definition) is 1. The summed E-state index contributed by atoms with van der Waals surface area (Å²) in [6, 6.07) is 5.51. The van der Waals surface area contributed by atoms with Crippen molar-refractivity contribution in [3.63, 3.8) is 0 Å². The molecule has 16 heavy (non-hydrogen) atoms. The summed E-state index contributed by atoms with van der Waals surface area (Å²) in [7, 11) is 0. The highest BCUT2D eigenvalue weighted by atomic mass is 35.5. The van der Waals surface area contributed by atoms with E-state index in [0.717, 1.165) is 12.1 Å². The fourth-order valence-electron chi connectivity index (χ4n) is 1.54. The maximum absolute atomic E-state index is 9.23. The van der Waals surface area contributed by atoms with Crippen LogP contribution in [0.15, 0.2) is 24.4 Å². The number of halogens is 1. The second kappa shape index (κ2) is 4.63. The number of aromatic nitrogens is 3. The van der Waals surface area contributed by atoms with Crippen molar-refractivity contribution >= 4 is 11.6 Å². The van der Waals surface area contributed by atoms with Gasteiger partial charge in [0.1, 0.15) is 5.15 Å². The second-order valence-corrected chi connectivity index (χ2v) is 3.69. The van der Waals surface area contributed by atoms with Gasteiger partial charge in [0.15, 0.2) is 5.82 Å². The molecule has 0 saturated carbocycles. The molecule has 0 bridgehead atoms. The standard InChI is InChI=1S/C11H12ClN3O/c1-2-9-8(7-16)11(12)15(14-9)10-5-3-4-6-13-10/h3-6,16H,2,7H2,1H3. The minimum absolute atomic E-state index is 0.102. The van der Waals surface area contributed by atoms with Crippen LogP contribution in [-0.4, -0.2) is 19.9 Å². The quantitative estimate of drug-likeness (QED) is 0.888. The first kappa shape index (κ1) is 11.1. The lowest BCUT2D eigenvalue weighted by Gasteiger charge is -2.00. The zero-order chi connectivity index (χ0) is 11.5. The van der Waals surface area contributed by atoms with Crippen LogP contribution in [0.5, 0.6) is 0 Å². The molecule has 0 aromatic carbocycles. The first-order valence-corrected chi connectivity index (χ1v) is 5.44. The van der Waals surface area contributed by atoms with E-state index in [9.17, 15) is 5.11 Å². The molecular formula is C11H12ClN3O. The topological polar surface area (TPSA) is 50.9 Å². The molecule has 0 unspecified atom stereocenters. The highest BCUT2D eigenvalue weighted by molar-refractivity contribution is 6.30. The lowest BCUT2D eigenvalue weighted by atomic mass is 10.2. The Morgan fingerprint density at radius 2 is 2.25 bits per heavy atom. The van der Waals surface area contributed by atoms with Gasteiger partial charge >= 0.3 is 0 Å². The van der Waals surface area contributed by atoms with E-state index in [-0.39, 0.29) is 6.61 Å². The minimum Gasteiger partial charge on any atom is -0.391 e. The van der Waals surface area contributed by atoms with E-state index in [1.807, 2.05) is 25.1 Å². The van der Waals surface area contributed by atoms with Crippen LogP contribution in [0.25, 0.3) is 5.82 Å². The number of nitrogens with zero attached hydrogens (tertiary/aromatic N) is 3. The molecule has 0 saturated heterocycles. The Bertz CT molecular complexity index is 481. The molecule has 0 atom stereocenters. The SMILES string of the molecule is CCc1nn(-c2ccccn2)c(Cl)c1CO. The number of aryl methyl sites for hydroxylation is 1. The zero-order valence-electron chi connectivity index (χ0n) is 8.89. The number of aliphatic hydroxyl groups is 1. The average Bonchev–Trinajstić information content (AvgIpc) is 2.66. The van der Waals surface area contributed by atoms with Crippen LogP contribution < -0.4 is 0 Å². The highest BCUT2D eigenvalue weighted by Crippen LogP contribution is 2.23.